The summed E-state index contributed by atoms with van der Waals surface area (Å²) < 4.78 is 40.3. The number of guanidine groups is 1. The van der Waals surface area contributed by atoms with Gasteiger partial charge in [0.05, 0.1) is 12.6 Å². The molecule has 2 aliphatic rings. The molecule has 0 aromatic carbocycles. The van der Waals surface area contributed by atoms with Gasteiger partial charge in [-0.15, -0.1) is 14.5 Å². The van der Waals surface area contributed by atoms with Crippen LogP contribution < -0.4 is 11.1 Å². The van der Waals surface area contributed by atoms with Crippen molar-refractivity contribution in [3.8, 4) is 0 Å². The Morgan fingerprint density at radius 2 is 2.23 bits per heavy atom. The van der Waals surface area contributed by atoms with Gasteiger partial charge in [0, 0.05) is 6.54 Å². The number of hydrogen-bond donors (Lipinski definition) is 5. The number of fused-ring (bicyclic) bond motifs is 2. The molecular weight excluding hydrogens is 374 g/mol. The van der Waals surface area contributed by atoms with E-state index in [1.807, 2.05) is 0 Å². The van der Waals surface area contributed by atoms with Gasteiger partial charge in [0.1, 0.15) is 12.1 Å². The molecule has 0 aliphatic carbocycles. The van der Waals surface area contributed by atoms with Gasteiger partial charge in [0.2, 0.25) is 11.8 Å². The second-order valence-corrected chi connectivity index (χ2v) is 6.80. The van der Waals surface area contributed by atoms with Gasteiger partial charge in [0.15, 0.2) is 5.96 Å². The minimum absolute atomic E-state index is 0.0716. The fraction of sp³-hybridized carbons (Fsp3) is 0.636. The van der Waals surface area contributed by atoms with Gasteiger partial charge in [-0.2, -0.15) is 13.5 Å². The second-order valence-electron chi connectivity index (χ2n) is 5.80. The summed E-state index contributed by atoms with van der Waals surface area (Å²) in [6.07, 6.45) is -0.426. The third kappa shape index (κ3) is 3.69. The van der Waals surface area contributed by atoms with Crippen molar-refractivity contribution in [2.24, 2.45) is 5.73 Å². The van der Waals surface area contributed by atoms with Crippen molar-refractivity contribution >= 4 is 22.4 Å². The first kappa shape index (κ1) is 18.3. The van der Waals surface area contributed by atoms with E-state index in [0.717, 1.165) is 0 Å². The molecule has 144 valence electrons. The van der Waals surface area contributed by atoms with Gasteiger partial charge >= 0.3 is 16.4 Å². The van der Waals surface area contributed by atoms with Crippen molar-refractivity contribution in [2.75, 3.05) is 13.1 Å². The summed E-state index contributed by atoms with van der Waals surface area (Å²) in [6.45, 7) is 0.0491. The van der Waals surface area contributed by atoms with Crippen LogP contribution in [0.15, 0.2) is 4.42 Å². The van der Waals surface area contributed by atoms with E-state index >= 15 is 0 Å². The van der Waals surface area contributed by atoms with Gasteiger partial charge in [0.25, 0.3) is 0 Å². The van der Waals surface area contributed by atoms with Gasteiger partial charge < -0.3 is 25.5 Å². The molecule has 0 unspecified atom stereocenters. The number of aromatic nitrogens is 2. The second kappa shape index (κ2) is 6.67. The van der Waals surface area contributed by atoms with E-state index in [2.05, 4.69) is 19.8 Å². The number of nitrogens with two attached hydrogens (primary N) is 1. The Kier molecular flexibility index (Phi) is 4.70. The molecule has 2 bridgehead atoms. The fourth-order valence-corrected chi connectivity index (χ4v) is 3.29. The molecule has 2 aliphatic heterocycles. The molecule has 6 N–H and O–H groups in total. The quantitative estimate of drug-likeness (QED) is 0.209. The smallest absolute Gasteiger partial charge is 0.418 e. The number of aliphatic hydroxyl groups excluding tert-OH is 1. The third-order valence-electron chi connectivity index (χ3n) is 4.01. The van der Waals surface area contributed by atoms with E-state index < -0.39 is 34.6 Å². The number of carbonyl (C=O) groups excluding carboxylic acids is 1. The van der Waals surface area contributed by atoms with Crippen LogP contribution in [-0.2, 0) is 14.7 Å². The molecule has 2 saturated heterocycles. The van der Waals surface area contributed by atoms with Crippen LogP contribution in [0.2, 0.25) is 0 Å². The first-order valence-electron chi connectivity index (χ1n) is 7.52. The molecule has 3 heterocycles. The van der Waals surface area contributed by atoms with Gasteiger partial charge in [-0.1, -0.05) is 0 Å². The van der Waals surface area contributed by atoms with Crippen LogP contribution in [0.4, 0.5) is 4.79 Å². The van der Waals surface area contributed by atoms with Crippen molar-refractivity contribution in [2.45, 2.75) is 31.0 Å². The highest BCUT2D eigenvalue weighted by Gasteiger charge is 2.49. The van der Waals surface area contributed by atoms with Crippen LogP contribution >= 0.6 is 0 Å². The highest BCUT2D eigenvalue weighted by molar-refractivity contribution is 7.80. The summed E-state index contributed by atoms with van der Waals surface area (Å²) in [4.78, 5) is 13.6. The Hall–Kier alpha value is -2.49. The van der Waals surface area contributed by atoms with Crippen LogP contribution in [0.5, 0.6) is 0 Å². The first-order chi connectivity index (χ1) is 12.2. The SMILES string of the molecule is N=C(N)NC[C@@H](O)c1nnc([C@@H]2CC[C@H]3CN2C(=O)N3OS(=O)(=O)O)o1. The molecule has 2 amide bonds. The number of nitrogens with one attached hydrogen (secondary N) is 2. The lowest BCUT2D eigenvalue weighted by atomic mass is 10.0. The number of piperidine rings is 1. The van der Waals surface area contributed by atoms with Gasteiger partial charge in [-0.25, -0.2) is 4.79 Å². The topological polar surface area (TPSA) is 208 Å². The number of aliphatic hydroxyl groups is 1. The number of carbonyl (C=O) groups is 1. The number of rotatable bonds is 6. The zero-order chi connectivity index (χ0) is 19.1. The first-order valence-corrected chi connectivity index (χ1v) is 8.88. The van der Waals surface area contributed by atoms with Crippen LogP contribution in [0.25, 0.3) is 0 Å². The third-order valence-corrected chi connectivity index (χ3v) is 4.36. The molecule has 26 heavy (non-hydrogen) atoms. The van der Waals surface area contributed by atoms with E-state index in [0.29, 0.717) is 17.9 Å². The summed E-state index contributed by atoms with van der Waals surface area (Å²) >= 11 is 0. The van der Waals surface area contributed by atoms with Gasteiger partial charge in [-0.05, 0) is 12.8 Å². The maximum absolute atomic E-state index is 12.3. The molecule has 0 radical (unpaired) electrons. The predicted octanol–water partition coefficient (Wildman–Crippen LogP) is -1.74. The molecule has 3 atom stereocenters. The van der Waals surface area contributed by atoms with Crippen molar-refractivity contribution in [1.82, 2.24) is 25.5 Å². The lowest BCUT2D eigenvalue weighted by molar-refractivity contribution is -0.0317. The Balaban J connectivity index is 1.72. The number of nitrogens with zero attached hydrogens (tertiary/aromatic N) is 4. The Morgan fingerprint density at radius 1 is 1.50 bits per heavy atom. The standard InChI is InChI=1S/C11H17N7O7S/c12-10(13)14-3-7(19)9-16-15-8(24-9)6-2-1-5-4-17(6)11(20)18(5)25-26(21,22)23/h5-7,19H,1-4H2,(H4,12,13,14)(H,21,22,23)/t5-,6-,7+/m0/s1. The number of hydrogen-bond acceptors (Lipinski definition) is 9. The summed E-state index contributed by atoms with van der Waals surface area (Å²) in [5, 5.41) is 27.5. The van der Waals surface area contributed by atoms with Crippen LogP contribution in [0.3, 0.4) is 0 Å². The molecule has 1 aromatic heterocycles. The minimum Gasteiger partial charge on any atom is -0.420 e. The van der Waals surface area contributed by atoms with Crippen LogP contribution in [-0.4, -0.2) is 69.4 Å². The van der Waals surface area contributed by atoms with Crippen LogP contribution in [0.1, 0.15) is 36.8 Å². The van der Waals surface area contributed by atoms with Crippen LogP contribution in [0, 0.1) is 5.41 Å². The summed E-state index contributed by atoms with van der Waals surface area (Å²) in [5.74, 6) is -0.375. The number of hydroxylamine groups is 2. The molecule has 0 spiro atoms. The molecule has 1 aromatic rings. The number of amides is 2. The molecular formula is C11H17N7O7S. The normalized spacial score (nSPS) is 24.0. The molecule has 3 rings (SSSR count). The van der Waals surface area contributed by atoms with E-state index in [1.165, 1.54) is 4.90 Å². The minimum atomic E-state index is -4.82. The largest absolute Gasteiger partial charge is 0.420 e. The van der Waals surface area contributed by atoms with Gasteiger partial charge in [-0.3, -0.25) is 9.96 Å². The average Bonchev–Trinajstić information content (AvgIpc) is 3.12. The summed E-state index contributed by atoms with van der Waals surface area (Å²) in [7, 11) is -4.82. The zero-order valence-corrected chi connectivity index (χ0v) is 14.1. The fourth-order valence-electron chi connectivity index (χ4n) is 2.90. The maximum Gasteiger partial charge on any atom is 0.418 e. The van der Waals surface area contributed by atoms with Crippen molar-refractivity contribution in [1.29, 1.82) is 5.41 Å². The highest BCUT2D eigenvalue weighted by Crippen LogP contribution is 2.38. The summed E-state index contributed by atoms with van der Waals surface area (Å²) in [5.41, 5.74) is 5.13. The maximum atomic E-state index is 12.3. The Morgan fingerprint density at radius 3 is 2.88 bits per heavy atom. The van der Waals surface area contributed by atoms with E-state index in [4.69, 9.17) is 20.1 Å². The molecule has 0 saturated carbocycles. The highest BCUT2D eigenvalue weighted by atomic mass is 32.3. The number of urea groups is 1. The lowest BCUT2D eigenvalue weighted by Crippen LogP contribution is -2.35. The zero-order valence-electron chi connectivity index (χ0n) is 13.3. The monoisotopic (exact) mass is 391 g/mol. The Labute approximate surface area is 147 Å². The van der Waals surface area contributed by atoms with E-state index in [-0.39, 0.29) is 30.8 Å². The molecule has 15 heteroatoms. The molecule has 2 fully saturated rings. The van der Waals surface area contributed by atoms with Crippen molar-refractivity contribution in [3.05, 3.63) is 11.8 Å². The molecule has 14 nitrogen and oxygen atoms in total. The van der Waals surface area contributed by atoms with E-state index in [9.17, 15) is 18.3 Å². The lowest BCUT2D eigenvalue weighted by Gasteiger charge is -2.27. The van der Waals surface area contributed by atoms with Crippen molar-refractivity contribution < 1.29 is 31.6 Å². The predicted molar refractivity (Wildman–Crippen MR) is 81.5 cm³/mol. The van der Waals surface area contributed by atoms with Crippen molar-refractivity contribution in [3.63, 3.8) is 0 Å². The Bertz CT molecular complexity index is 812. The summed E-state index contributed by atoms with van der Waals surface area (Å²) in [6, 6.07) is -1.91. The van der Waals surface area contributed by atoms with E-state index in [1.54, 1.807) is 0 Å². The average molecular weight is 391 g/mol.